The van der Waals surface area contributed by atoms with Crippen LogP contribution in [-0.2, 0) is 6.42 Å². The number of carbonyl (C=O) groups is 1. The van der Waals surface area contributed by atoms with Crippen molar-refractivity contribution >= 4 is 23.2 Å². The van der Waals surface area contributed by atoms with E-state index in [4.69, 9.17) is 17.3 Å². The molecule has 0 radical (unpaired) electrons. The highest BCUT2D eigenvalue weighted by Gasteiger charge is 2.08. The highest BCUT2D eigenvalue weighted by Crippen LogP contribution is 2.12. The molecule has 3 N–H and O–H groups in total. The van der Waals surface area contributed by atoms with Crippen LogP contribution in [0, 0.1) is 0 Å². The third kappa shape index (κ3) is 3.69. The van der Waals surface area contributed by atoms with Crippen molar-refractivity contribution in [2.75, 3.05) is 12.3 Å². The molecule has 2 rings (SSSR count). The van der Waals surface area contributed by atoms with Crippen molar-refractivity contribution in [3.63, 3.8) is 0 Å². The Labute approximate surface area is 116 Å². The van der Waals surface area contributed by atoms with Crippen LogP contribution in [0.25, 0.3) is 0 Å². The Balaban J connectivity index is 1.88. The van der Waals surface area contributed by atoms with E-state index in [1.54, 1.807) is 12.3 Å². The predicted octanol–water partition coefficient (Wildman–Crippen LogP) is 2.29. The van der Waals surface area contributed by atoms with E-state index >= 15 is 0 Å². The lowest BCUT2D eigenvalue weighted by atomic mass is 10.1. The van der Waals surface area contributed by atoms with Gasteiger partial charge in [-0.05, 0) is 30.2 Å². The molecule has 0 saturated heterocycles. The van der Waals surface area contributed by atoms with Crippen LogP contribution in [0.2, 0.25) is 5.02 Å². The van der Waals surface area contributed by atoms with Gasteiger partial charge in [0.25, 0.3) is 5.91 Å². The van der Waals surface area contributed by atoms with Crippen LogP contribution in [-0.4, -0.2) is 17.4 Å². The normalized spacial score (nSPS) is 10.2. The molecule has 4 nitrogen and oxygen atoms in total. The zero-order chi connectivity index (χ0) is 13.7. The summed E-state index contributed by atoms with van der Waals surface area (Å²) in [6, 6.07) is 9.18. The van der Waals surface area contributed by atoms with E-state index in [1.165, 1.54) is 6.20 Å². The average Bonchev–Trinajstić information content (AvgIpc) is 2.41. The van der Waals surface area contributed by atoms with E-state index in [2.05, 4.69) is 10.3 Å². The molecule has 0 aliphatic carbocycles. The molecule has 0 unspecified atom stereocenters. The number of benzene rings is 1. The number of nitrogens with two attached hydrogens (primary N) is 1. The van der Waals surface area contributed by atoms with Crippen LogP contribution >= 0.6 is 11.6 Å². The summed E-state index contributed by atoms with van der Waals surface area (Å²) in [6.07, 6.45) is 3.74. The number of hydrogen-bond acceptors (Lipinski definition) is 3. The lowest BCUT2D eigenvalue weighted by Gasteiger charge is -2.06. The monoisotopic (exact) mass is 275 g/mol. The quantitative estimate of drug-likeness (QED) is 0.841. The van der Waals surface area contributed by atoms with Crippen molar-refractivity contribution in [3.05, 3.63) is 58.9 Å². The summed E-state index contributed by atoms with van der Waals surface area (Å²) in [5.41, 5.74) is 7.90. The van der Waals surface area contributed by atoms with E-state index < -0.39 is 0 Å². The topological polar surface area (TPSA) is 68.0 Å². The van der Waals surface area contributed by atoms with Gasteiger partial charge in [0.15, 0.2) is 0 Å². The lowest BCUT2D eigenvalue weighted by molar-refractivity contribution is 0.0954. The Bertz CT molecular complexity index is 569. The molecule has 1 aromatic carbocycles. The number of anilines is 1. The second kappa shape index (κ2) is 6.20. The second-order valence-electron chi connectivity index (χ2n) is 4.10. The Morgan fingerprint density at radius 1 is 1.26 bits per heavy atom. The van der Waals surface area contributed by atoms with Gasteiger partial charge in [-0.3, -0.25) is 9.78 Å². The van der Waals surface area contributed by atoms with E-state index in [1.807, 2.05) is 24.3 Å². The minimum absolute atomic E-state index is 0.192. The van der Waals surface area contributed by atoms with Gasteiger partial charge in [-0.15, -0.1) is 0 Å². The number of nitrogens with one attached hydrogen (secondary N) is 1. The number of nitrogen functional groups attached to an aromatic ring is 1. The Kier molecular flexibility index (Phi) is 4.36. The molecular formula is C14H14ClN3O. The first-order valence-corrected chi connectivity index (χ1v) is 6.27. The zero-order valence-corrected chi connectivity index (χ0v) is 11.0. The molecule has 0 bridgehead atoms. The Morgan fingerprint density at radius 3 is 2.68 bits per heavy atom. The fourth-order valence-electron chi connectivity index (χ4n) is 1.66. The fraction of sp³-hybridized carbons (Fsp3) is 0.143. The summed E-state index contributed by atoms with van der Waals surface area (Å²) < 4.78 is 0. The smallest absolute Gasteiger partial charge is 0.252 e. The molecule has 0 spiro atoms. The number of halogens is 1. The molecule has 1 heterocycles. The van der Waals surface area contributed by atoms with Crippen LogP contribution in [0.1, 0.15) is 15.9 Å². The highest BCUT2D eigenvalue weighted by molar-refractivity contribution is 6.33. The lowest BCUT2D eigenvalue weighted by Crippen LogP contribution is -2.26. The van der Waals surface area contributed by atoms with Crippen LogP contribution in [0.5, 0.6) is 0 Å². The number of rotatable bonds is 4. The molecule has 19 heavy (non-hydrogen) atoms. The van der Waals surface area contributed by atoms with Gasteiger partial charge in [0.1, 0.15) is 0 Å². The molecule has 0 aliphatic heterocycles. The first kappa shape index (κ1) is 13.4. The van der Waals surface area contributed by atoms with Crippen molar-refractivity contribution in [3.8, 4) is 0 Å². The second-order valence-corrected chi connectivity index (χ2v) is 4.51. The van der Waals surface area contributed by atoms with E-state index in [9.17, 15) is 4.79 Å². The summed E-state index contributed by atoms with van der Waals surface area (Å²) in [7, 11) is 0. The van der Waals surface area contributed by atoms with Crippen molar-refractivity contribution in [2.24, 2.45) is 0 Å². The number of aromatic nitrogens is 1. The molecule has 0 aliphatic rings. The van der Waals surface area contributed by atoms with E-state index in [-0.39, 0.29) is 5.91 Å². The number of nitrogens with zero attached hydrogens (tertiary/aromatic N) is 1. The van der Waals surface area contributed by atoms with Gasteiger partial charge in [0.2, 0.25) is 0 Å². The fourth-order valence-corrected chi connectivity index (χ4v) is 1.86. The van der Waals surface area contributed by atoms with Gasteiger partial charge in [-0.1, -0.05) is 23.7 Å². The summed E-state index contributed by atoms with van der Waals surface area (Å²) in [5, 5.41) is 3.17. The maximum atomic E-state index is 11.9. The molecule has 0 atom stereocenters. The predicted molar refractivity (Wildman–Crippen MR) is 76.1 cm³/mol. The maximum Gasteiger partial charge on any atom is 0.252 e. The summed E-state index contributed by atoms with van der Waals surface area (Å²) >= 11 is 5.90. The number of pyridine rings is 1. The highest BCUT2D eigenvalue weighted by atomic mass is 35.5. The van der Waals surface area contributed by atoms with Crippen LogP contribution in [0.15, 0.2) is 42.7 Å². The summed E-state index contributed by atoms with van der Waals surface area (Å²) in [6.45, 7) is 0.543. The van der Waals surface area contributed by atoms with Crippen LogP contribution in [0.4, 0.5) is 5.69 Å². The van der Waals surface area contributed by atoms with Crippen LogP contribution in [0.3, 0.4) is 0 Å². The summed E-state index contributed by atoms with van der Waals surface area (Å²) in [5.74, 6) is -0.192. The standard InChI is InChI=1S/C14H14ClN3O/c15-13-9-17-7-6-12(13)14(19)18-8-5-10-1-3-11(16)4-2-10/h1-4,6-7,9H,5,8,16H2,(H,18,19). The molecular weight excluding hydrogens is 262 g/mol. The van der Waals surface area contributed by atoms with Gasteiger partial charge < -0.3 is 11.1 Å². The minimum atomic E-state index is -0.192. The van der Waals surface area contributed by atoms with E-state index in [0.717, 1.165) is 17.7 Å². The number of carbonyl (C=O) groups excluding carboxylic acids is 1. The molecule has 0 fully saturated rings. The van der Waals surface area contributed by atoms with Crippen molar-refractivity contribution in [1.82, 2.24) is 10.3 Å². The largest absolute Gasteiger partial charge is 0.399 e. The third-order valence-electron chi connectivity index (χ3n) is 2.70. The Morgan fingerprint density at radius 2 is 2.00 bits per heavy atom. The molecule has 2 aromatic rings. The molecule has 5 heteroatoms. The van der Waals surface area contributed by atoms with E-state index in [0.29, 0.717) is 17.1 Å². The first-order valence-electron chi connectivity index (χ1n) is 5.89. The molecule has 98 valence electrons. The number of amides is 1. The Hall–Kier alpha value is -2.07. The van der Waals surface area contributed by atoms with Gasteiger partial charge in [-0.2, -0.15) is 0 Å². The van der Waals surface area contributed by atoms with Gasteiger partial charge in [-0.25, -0.2) is 0 Å². The first-order chi connectivity index (χ1) is 9.16. The molecule has 0 saturated carbocycles. The van der Waals surface area contributed by atoms with Crippen LogP contribution < -0.4 is 11.1 Å². The van der Waals surface area contributed by atoms with Gasteiger partial charge in [0.05, 0.1) is 10.6 Å². The van der Waals surface area contributed by atoms with Crippen molar-refractivity contribution in [2.45, 2.75) is 6.42 Å². The minimum Gasteiger partial charge on any atom is -0.399 e. The summed E-state index contributed by atoms with van der Waals surface area (Å²) in [4.78, 5) is 15.7. The van der Waals surface area contributed by atoms with Gasteiger partial charge >= 0.3 is 0 Å². The molecule has 1 amide bonds. The average molecular weight is 276 g/mol. The van der Waals surface area contributed by atoms with Crippen molar-refractivity contribution < 1.29 is 4.79 Å². The third-order valence-corrected chi connectivity index (χ3v) is 3.00. The SMILES string of the molecule is Nc1ccc(CCNC(=O)c2ccncc2Cl)cc1. The number of hydrogen-bond donors (Lipinski definition) is 2. The molecule has 1 aromatic heterocycles. The maximum absolute atomic E-state index is 11.9. The zero-order valence-electron chi connectivity index (χ0n) is 10.3. The van der Waals surface area contributed by atoms with Gasteiger partial charge in [0, 0.05) is 24.6 Å². The van der Waals surface area contributed by atoms with Crippen molar-refractivity contribution in [1.29, 1.82) is 0 Å².